The molecule has 2 aromatic carbocycles. The molecule has 0 fully saturated rings. The fourth-order valence-electron chi connectivity index (χ4n) is 5.88. The average molecular weight is 850 g/mol. The van der Waals surface area contributed by atoms with Crippen molar-refractivity contribution in [3.63, 3.8) is 0 Å². The van der Waals surface area contributed by atoms with Crippen molar-refractivity contribution >= 4 is 41.9 Å². The van der Waals surface area contributed by atoms with Crippen LogP contribution in [0.4, 0.5) is 30.8 Å². The summed E-state index contributed by atoms with van der Waals surface area (Å²) in [5.74, 6) is 0.309. The quantitative estimate of drug-likeness (QED) is 0.0445. The summed E-state index contributed by atoms with van der Waals surface area (Å²) in [4.78, 5) is 50.3. The second kappa shape index (κ2) is 21.4. The van der Waals surface area contributed by atoms with Gasteiger partial charge >= 0.3 is 18.0 Å². The van der Waals surface area contributed by atoms with E-state index in [0.29, 0.717) is 79.5 Å². The van der Waals surface area contributed by atoms with Crippen molar-refractivity contribution in [2.24, 2.45) is 5.41 Å². The Morgan fingerprint density at radius 2 is 1.76 bits per heavy atom. The number of rotatable bonds is 24. The molecule has 0 radical (unpaired) electrons. The molecule has 59 heavy (non-hydrogen) atoms. The smallest absolute Gasteiger partial charge is 0.496 e. The number of halogens is 4. The van der Waals surface area contributed by atoms with Crippen LogP contribution in [0.5, 0.6) is 11.8 Å². The van der Waals surface area contributed by atoms with Crippen LogP contribution in [0.1, 0.15) is 54.6 Å². The highest BCUT2D eigenvalue weighted by Gasteiger charge is 2.30. The van der Waals surface area contributed by atoms with Gasteiger partial charge in [0.2, 0.25) is 11.9 Å². The lowest BCUT2D eigenvalue weighted by atomic mass is 9.92. The Morgan fingerprint density at radius 1 is 1.02 bits per heavy atom. The normalized spacial score (nSPS) is 12.2. The molecule has 0 unspecified atom stereocenters. The number of nitrogens with zero attached hydrogens (tertiary/aromatic N) is 5. The van der Waals surface area contributed by atoms with Gasteiger partial charge in [-0.2, -0.15) is 28.1 Å². The van der Waals surface area contributed by atoms with Crippen LogP contribution in [0.15, 0.2) is 67.6 Å². The maximum absolute atomic E-state index is 13.2. The topological polar surface area (TPSA) is 184 Å². The third-order valence-corrected chi connectivity index (χ3v) is 8.80. The van der Waals surface area contributed by atoms with Crippen molar-refractivity contribution in [3.8, 4) is 11.8 Å². The van der Waals surface area contributed by atoms with Gasteiger partial charge in [0.15, 0.2) is 12.4 Å². The van der Waals surface area contributed by atoms with E-state index in [-0.39, 0.29) is 46.9 Å². The molecule has 0 spiro atoms. The molecule has 2 aromatic heterocycles. The highest BCUT2D eigenvalue weighted by molar-refractivity contribution is 6.32. The summed E-state index contributed by atoms with van der Waals surface area (Å²) >= 11 is 6.71. The number of benzene rings is 2. The van der Waals surface area contributed by atoms with Gasteiger partial charge in [-0.15, -0.1) is 0 Å². The van der Waals surface area contributed by atoms with E-state index in [9.17, 15) is 27.6 Å². The fraction of sp³-hybridized carbons (Fsp3) is 0.436. The van der Waals surface area contributed by atoms with E-state index < -0.39 is 24.6 Å². The zero-order valence-electron chi connectivity index (χ0n) is 33.5. The number of allylic oxidation sites excluding steroid dienone is 1. The minimum absolute atomic E-state index is 0.00444. The second-order valence-electron chi connectivity index (χ2n) is 14.1. The summed E-state index contributed by atoms with van der Waals surface area (Å²) in [6, 6.07) is 10.6. The van der Waals surface area contributed by atoms with E-state index >= 15 is 0 Å². The molecule has 0 aliphatic carbocycles. The van der Waals surface area contributed by atoms with E-state index in [1.165, 1.54) is 31.1 Å². The van der Waals surface area contributed by atoms with Crippen molar-refractivity contribution in [2.45, 2.75) is 53.4 Å². The molecule has 2 heterocycles. The standard InChI is InChI=1S/C39H47ClF3N7O9/c1-25(57-24-52)32(54-6)18-49(22-38(3,4)21-44-5)14-7-15-55-31-13-10-28(16-30(31)40)17-50(19-33-26(2)58-37(53)59-33)35-46-34(45-29-11-8-27(20-51)9-12-29)47-36(48-35)56-23-39(41,42)43/h8-13,16,20,24,44H,7,14-15,17-19,21-23H2,1-6H3,(H,45,46,47,48)/b32-25-. The summed E-state index contributed by atoms with van der Waals surface area (Å²) in [6.07, 6.45) is -3.43. The number of alkyl halides is 3. The number of nitrogens with one attached hydrogen (secondary N) is 2. The van der Waals surface area contributed by atoms with E-state index in [1.807, 2.05) is 7.05 Å². The molecule has 0 atom stereocenters. The average Bonchev–Trinajstić information content (AvgIpc) is 3.50. The van der Waals surface area contributed by atoms with Crippen molar-refractivity contribution in [2.75, 3.05) is 63.8 Å². The number of ether oxygens (including phenoxy) is 4. The molecule has 0 aliphatic heterocycles. The SMILES string of the molecule is CNCC(C)(C)CN(CCCOc1ccc(CN(Cc2oc(=O)oc2C)c2nc(Nc3ccc(C=O)cc3)nc(OCC(F)(F)F)n2)cc1Cl)C/C(OC)=C(\C)OC=O. The molecular weight excluding hydrogens is 803 g/mol. The number of hydrogen-bond donors (Lipinski definition) is 2. The highest BCUT2D eigenvalue weighted by Crippen LogP contribution is 2.29. The lowest BCUT2D eigenvalue weighted by Gasteiger charge is -2.33. The first kappa shape index (κ1) is 46.0. The Kier molecular flexibility index (Phi) is 16.7. The Morgan fingerprint density at radius 3 is 2.37 bits per heavy atom. The van der Waals surface area contributed by atoms with Gasteiger partial charge in [0, 0.05) is 37.4 Å². The number of hydrogen-bond acceptors (Lipinski definition) is 16. The lowest BCUT2D eigenvalue weighted by Crippen LogP contribution is -2.41. The monoisotopic (exact) mass is 849 g/mol. The predicted molar refractivity (Wildman–Crippen MR) is 211 cm³/mol. The van der Waals surface area contributed by atoms with E-state index in [4.69, 9.17) is 39.4 Å². The van der Waals surface area contributed by atoms with Crippen molar-refractivity contribution in [1.82, 2.24) is 25.2 Å². The highest BCUT2D eigenvalue weighted by atomic mass is 35.5. The summed E-state index contributed by atoms with van der Waals surface area (Å²) in [6.45, 7) is 8.77. The summed E-state index contributed by atoms with van der Waals surface area (Å²) in [7, 11) is 3.41. The summed E-state index contributed by atoms with van der Waals surface area (Å²) < 4.78 is 71.4. The molecule has 0 aliphatic rings. The van der Waals surface area contributed by atoms with Crippen LogP contribution in [-0.4, -0.2) is 92.3 Å². The van der Waals surface area contributed by atoms with Crippen LogP contribution in [0.25, 0.3) is 0 Å². The number of carbonyl (C=O) groups excluding carboxylic acids is 2. The second-order valence-corrected chi connectivity index (χ2v) is 14.5. The first-order valence-corrected chi connectivity index (χ1v) is 18.6. The Bertz CT molecular complexity index is 2090. The number of aldehydes is 1. The Hall–Kier alpha value is -5.66. The molecule has 16 nitrogen and oxygen atoms in total. The van der Waals surface area contributed by atoms with Gasteiger partial charge in [0.25, 0.3) is 6.47 Å². The van der Waals surface area contributed by atoms with Gasteiger partial charge in [-0.1, -0.05) is 31.5 Å². The first-order valence-electron chi connectivity index (χ1n) is 18.3. The minimum Gasteiger partial charge on any atom is -0.496 e. The van der Waals surface area contributed by atoms with Crippen LogP contribution in [0.3, 0.4) is 0 Å². The zero-order chi connectivity index (χ0) is 43.2. The largest absolute Gasteiger partial charge is 0.519 e. The fourth-order valence-corrected chi connectivity index (χ4v) is 6.14. The summed E-state index contributed by atoms with van der Waals surface area (Å²) in [5, 5.41) is 6.38. The molecule has 0 saturated heterocycles. The van der Waals surface area contributed by atoms with Crippen molar-refractivity contribution in [3.05, 3.63) is 92.3 Å². The van der Waals surface area contributed by atoms with Gasteiger partial charge in [-0.05, 0) is 74.7 Å². The van der Waals surface area contributed by atoms with Gasteiger partial charge < -0.3 is 43.3 Å². The first-order chi connectivity index (χ1) is 28.0. The van der Waals surface area contributed by atoms with Gasteiger partial charge in [0.1, 0.15) is 29.3 Å². The molecule has 0 bridgehead atoms. The minimum atomic E-state index is -4.69. The van der Waals surface area contributed by atoms with Crippen LogP contribution < -0.4 is 30.8 Å². The molecular formula is C39H47ClF3N7O9. The molecule has 4 aromatic rings. The van der Waals surface area contributed by atoms with Gasteiger partial charge in [-0.3, -0.25) is 14.5 Å². The lowest BCUT2D eigenvalue weighted by molar-refractivity contribution is -0.154. The van der Waals surface area contributed by atoms with Gasteiger partial charge in [-0.25, -0.2) is 4.79 Å². The third-order valence-electron chi connectivity index (χ3n) is 8.51. The predicted octanol–water partition coefficient (Wildman–Crippen LogP) is 6.45. The third kappa shape index (κ3) is 14.9. The van der Waals surface area contributed by atoms with Crippen LogP contribution in [0.2, 0.25) is 5.02 Å². The van der Waals surface area contributed by atoms with Gasteiger partial charge in [0.05, 0.1) is 31.8 Å². The number of aryl methyl sites for hydroxylation is 1. The molecule has 4 rings (SSSR count). The number of methoxy groups -OCH3 is 1. The maximum atomic E-state index is 13.2. The molecule has 320 valence electrons. The van der Waals surface area contributed by atoms with Crippen LogP contribution >= 0.6 is 11.6 Å². The van der Waals surface area contributed by atoms with Crippen LogP contribution in [0, 0.1) is 12.3 Å². The number of carbonyl (C=O) groups is 2. The number of anilines is 3. The summed E-state index contributed by atoms with van der Waals surface area (Å²) in [5.41, 5.74) is 1.33. The molecule has 0 amide bonds. The number of aromatic nitrogens is 3. The van der Waals surface area contributed by atoms with E-state index in [0.717, 1.165) is 6.54 Å². The zero-order valence-corrected chi connectivity index (χ0v) is 34.2. The molecule has 0 saturated carbocycles. The van der Waals surface area contributed by atoms with Crippen LogP contribution in [-0.2, 0) is 27.4 Å². The van der Waals surface area contributed by atoms with E-state index in [2.05, 4.69) is 44.3 Å². The Balaban J connectivity index is 1.56. The van der Waals surface area contributed by atoms with E-state index in [1.54, 1.807) is 37.3 Å². The van der Waals surface area contributed by atoms with Crippen molar-refractivity contribution < 1.29 is 50.5 Å². The molecule has 2 N–H and O–H groups in total. The maximum Gasteiger partial charge on any atom is 0.519 e. The van der Waals surface area contributed by atoms with Crippen molar-refractivity contribution in [1.29, 1.82) is 0 Å². The molecule has 20 heteroatoms. The Labute approximate surface area is 343 Å².